The highest BCUT2D eigenvalue weighted by molar-refractivity contribution is 5.96. The number of amides is 1. The molecule has 0 bridgehead atoms. The van der Waals surface area contributed by atoms with Gasteiger partial charge in [-0.3, -0.25) is 4.79 Å². The van der Waals surface area contributed by atoms with E-state index in [1.54, 1.807) is 18.2 Å². The van der Waals surface area contributed by atoms with Crippen molar-refractivity contribution in [2.24, 2.45) is 5.73 Å². The third kappa shape index (κ3) is 2.31. The highest BCUT2D eigenvalue weighted by Gasteiger charge is 2.41. The minimum Gasteiger partial charge on any atom is -0.339 e. The molecule has 1 saturated heterocycles. The van der Waals surface area contributed by atoms with E-state index >= 15 is 0 Å². The van der Waals surface area contributed by atoms with E-state index in [4.69, 9.17) is 10.3 Å². The Morgan fingerprint density at radius 2 is 2.13 bits per heavy atom. The van der Waals surface area contributed by atoms with Crippen molar-refractivity contribution < 1.29 is 13.7 Å². The molecule has 1 unspecified atom stereocenters. The first kappa shape index (κ1) is 14.3. The minimum absolute atomic E-state index is 0.147. The van der Waals surface area contributed by atoms with Crippen LogP contribution in [0.3, 0.4) is 0 Å². The number of rotatable bonds is 3. The van der Waals surface area contributed by atoms with Crippen molar-refractivity contribution in [3.8, 4) is 0 Å². The van der Waals surface area contributed by atoms with E-state index in [-0.39, 0.29) is 23.9 Å². The number of benzene rings is 1. The SMILES string of the molecule is NC1(c2noc(C3CC(=O)N(c4ccccc4F)C3)n2)CCC1. The number of para-hydroxylation sites is 1. The van der Waals surface area contributed by atoms with Gasteiger partial charge in [0.15, 0.2) is 5.82 Å². The molecule has 0 spiro atoms. The summed E-state index contributed by atoms with van der Waals surface area (Å²) in [6, 6.07) is 6.24. The molecule has 4 rings (SSSR count). The van der Waals surface area contributed by atoms with Crippen LogP contribution in [-0.2, 0) is 10.3 Å². The molecule has 6 nitrogen and oxygen atoms in total. The second-order valence-electron chi connectivity index (χ2n) is 6.32. The summed E-state index contributed by atoms with van der Waals surface area (Å²) in [6.45, 7) is 0.332. The van der Waals surface area contributed by atoms with E-state index in [0.29, 0.717) is 18.3 Å². The van der Waals surface area contributed by atoms with Gasteiger partial charge in [-0.2, -0.15) is 4.98 Å². The molecule has 120 valence electrons. The maximum atomic E-state index is 13.9. The molecule has 1 aliphatic carbocycles. The predicted octanol–water partition coefficient (Wildman–Crippen LogP) is 2.07. The first-order chi connectivity index (χ1) is 11.1. The van der Waals surface area contributed by atoms with Gasteiger partial charge in [-0.25, -0.2) is 4.39 Å². The maximum absolute atomic E-state index is 13.9. The number of nitrogens with zero attached hydrogens (tertiary/aromatic N) is 3. The summed E-state index contributed by atoms with van der Waals surface area (Å²) in [7, 11) is 0. The monoisotopic (exact) mass is 316 g/mol. The Labute approximate surface area is 132 Å². The molecule has 1 amide bonds. The van der Waals surface area contributed by atoms with Gasteiger partial charge in [0.25, 0.3) is 0 Å². The molecule has 2 aromatic rings. The molecule has 1 aromatic carbocycles. The summed E-state index contributed by atoms with van der Waals surface area (Å²) in [6.07, 6.45) is 2.98. The van der Waals surface area contributed by atoms with Crippen molar-refractivity contribution in [3.63, 3.8) is 0 Å². The Morgan fingerprint density at radius 1 is 1.35 bits per heavy atom. The normalized spacial score (nSPS) is 23.1. The number of anilines is 1. The molecule has 1 saturated carbocycles. The number of carbonyl (C=O) groups excluding carboxylic acids is 1. The van der Waals surface area contributed by atoms with Crippen LogP contribution in [0.2, 0.25) is 0 Å². The summed E-state index contributed by atoms with van der Waals surface area (Å²) < 4.78 is 19.2. The smallest absolute Gasteiger partial charge is 0.232 e. The van der Waals surface area contributed by atoms with Gasteiger partial charge in [-0.1, -0.05) is 17.3 Å². The second-order valence-corrected chi connectivity index (χ2v) is 6.32. The molecular weight excluding hydrogens is 299 g/mol. The van der Waals surface area contributed by atoms with Gasteiger partial charge in [0.2, 0.25) is 11.8 Å². The van der Waals surface area contributed by atoms with Crippen LogP contribution in [0.4, 0.5) is 10.1 Å². The fourth-order valence-electron chi connectivity index (χ4n) is 3.16. The molecule has 0 radical (unpaired) electrons. The van der Waals surface area contributed by atoms with Crippen LogP contribution >= 0.6 is 0 Å². The average Bonchev–Trinajstić information content (AvgIpc) is 3.12. The maximum Gasteiger partial charge on any atom is 0.232 e. The van der Waals surface area contributed by atoms with Gasteiger partial charge in [0, 0.05) is 13.0 Å². The van der Waals surface area contributed by atoms with Crippen LogP contribution in [-0.4, -0.2) is 22.6 Å². The molecule has 1 atom stereocenters. The lowest BCUT2D eigenvalue weighted by molar-refractivity contribution is -0.117. The van der Waals surface area contributed by atoms with Crippen LogP contribution in [0.5, 0.6) is 0 Å². The fraction of sp³-hybridized carbons (Fsp3) is 0.438. The molecule has 2 fully saturated rings. The average molecular weight is 316 g/mol. The largest absolute Gasteiger partial charge is 0.339 e. The zero-order valence-corrected chi connectivity index (χ0v) is 12.5. The summed E-state index contributed by atoms with van der Waals surface area (Å²) in [4.78, 5) is 18.1. The van der Waals surface area contributed by atoms with Crippen molar-refractivity contribution in [2.75, 3.05) is 11.4 Å². The minimum atomic E-state index is -0.490. The second kappa shape index (κ2) is 5.13. The standard InChI is InChI=1S/C16H17FN4O2/c17-11-4-1-2-5-12(11)21-9-10(8-13(21)22)14-19-15(20-23-14)16(18)6-3-7-16/h1-2,4-5,10H,3,6-9,18H2. The van der Waals surface area contributed by atoms with Crippen molar-refractivity contribution in [1.29, 1.82) is 0 Å². The van der Waals surface area contributed by atoms with Crippen LogP contribution in [0.25, 0.3) is 0 Å². The van der Waals surface area contributed by atoms with Crippen molar-refractivity contribution in [1.82, 2.24) is 10.1 Å². The van der Waals surface area contributed by atoms with Gasteiger partial charge in [-0.05, 0) is 31.4 Å². The van der Waals surface area contributed by atoms with Gasteiger partial charge in [-0.15, -0.1) is 0 Å². The lowest BCUT2D eigenvalue weighted by Gasteiger charge is -2.34. The van der Waals surface area contributed by atoms with Gasteiger partial charge >= 0.3 is 0 Å². The van der Waals surface area contributed by atoms with Gasteiger partial charge < -0.3 is 15.2 Å². The van der Waals surface area contributed by atoms with Crippen LogP contribution in [0, 0.1) is 5.82 Å². The van der Waals surface area contributed by atoms with Crippen molar-refractivity contribution in [2.45, 2.75) is 37.1 Å². The molecule has 1 aliphatic heterocycles. The Balaban J connectivity index is 1.56. The van der Waals surface area contributed by atoms with E-state index in [1.807, 2.05) is 0 Å². The van der Waals surface area contributed by atoms with Crippen LogP contribution < -0.4 is 10.6 Å². The summed E-state index contributed by atoms with van der Waals surface area (Å²) >= 11 is 0. The number of halogens is 1. The Kier molecular flexibility index (Phi) is 3.19. The third-order valence-corrected chi connectivity index (χ3v) is 4.75. The summed E-state index contributed by atoms with van der Waals surface area (Å²) in [5, 5.41) is 3.98. The molecule has 2 aliphatic rings. The molecule has 1 aromatic heterocycles. The highest BCUT2D eigenvalue weighted by atomic mass is 19.1. The molecular formula is C16H17FN4O2. The zero-order chi connectivity index (χ0) is 16.0. The van der Waals surface area contributed by atoms with Crippen LogP contribution in [0.1, 0.15) is 43.3 Å². The fourth-order valence-corrected chi connectivity index (χ4v) is 3.16. The number of hydrogen-bond donors (Lipinski definition) is 1. The number of nitrogens with two attached hydrogens (primary N) is 1. The molecule has 7 heteroatoms. The van der Waals surface area contributed by atoms with E-state index in [0.717, 1.165) is 19.3 Å². The molecule has 23 heavy (non-hydrogen) atoms. The van der Waals surface area contributed by atoms with Crippen LogP contribution in [0.15, 0.2) is 28.8 Å². The predicted molar refractivity (Wildman–Crippen MR) is 80.1 cm³/mol. The Bertz CT molecular complexity index is 756. The molecule has 2 heterocycles. The summed E-state index contributed by atoms with van der Waals surface area (Å²) in [5.41, 5.74) is 5.99. The Morgan fingerprint density at radius 3 is 2.83 bits per heavy atom. The van der Waals surface area contributed by atoms with Crippen molar-refractivity contribution in [3.05, 3.63) is 41.8 Å². The van der Waals surface area contributed by atoms with Gasteiger partial charge in [0.05, 0.1) is 17.1 Å². The quantitative estimate of drug-likeness (QED) is 0.937. The topological polar surface area (TPSA) is 85.2 Å². The van der Waals surface area contributed by atoms with Crippen molar-refractivity contribution >= 4 is 11.6 Å². The summed E-state index contributed by atoms with van der Waals surface area (Å²) in [5.74, 6) is 0.126. The lowest BCUT2D eigenvalue weighted by Crippen LogP contribution is -2.44. The number of carbonyl (C=O) groups is 1. The van der Waals surface area contributed by atoms with E-state index in [1.165, 1.54) is 11.0 Å². The Hall–Kier alpha value is -2.28. The number of aromatic nitrogens is 2. The van der Waals surface area contributed by atoms with E-state index in [2.05, 4.69) is 10.1 Å². The van der Waals surface area contributed by atoms with E-state index < -0.39 is 11.4 Å². The first-order valence-corrected chi connectivity index (χ1v) is 7.75. The zero-order valence-electron chi connectivity index (χ0n) is 12.5. The first-order valence-electron chi connectivity index (χ1n) is 7.75. The third-order valence-electron chi connectivity index (χ3n) is 4.75. The van der Waals surface area contributed by atoms with Gasteiger partial charge in [0.1, 0.15) is 5.82 Å². The lowest BCUT2D eigenvalue weighted by atomic mass is 9.77. The van der Waals surface area contributed by atoms with E-state index in [9.17, 15) is 9.18 Å². The molecule has 2 N–H and O–H groups in total. The number of hydrogen-bond acceptors (Lipinski definition) is 5. The highest BCUT2D eigenvalue weighted by Crippen LogP contribution is 2.38.